The van der Waals surface area contributed by atoms with E-state index in [4.69, 9.17) is 4.52 Å². The molecule has 0 spiro atoms. The Bertz CT molecular complexity index is 1290. The first-order chi connectivity index (χ1) is 17.5. The van der Waals surface area contributed by atoms with Crippen LogP contribution < -0.4 is 9.80 Å². The van der Waals surface area contributed by atoms with Crippen molar-refractivity contribution >= 4 is 23.2 Å². The fourth-order valence-corrected chi connectivity index (χ4v) is 5.13. The number of amides is 2. The number of anilines is 2. The molecule has 3 fully saturated rings. The van der Waals surface area contributed by atoms with Crippen LogP contribution in [0.4, 0.5) is 11.4 Å². The number of hydrogen-bond donors (Lipinski definition) is 0. The van der Waals surface area contributed by atoms with Gasteiger partial charge in [-0.15, -0.1) is 0 Å². The van der Waals surface area contributed by atoms with Crippen LogP contribution in [0, 0.1) is 19.8 Å². The zero-order chi connectivity index (χ0) is 24.8. The van der Waals surface area contributed by atoms with Gasteiger partial charge in [0, 0.05) is 62.0 Å². The lowest BCUT2D eigenvalue weighted by molar-refractivity contribution is -0.136. The highest BCUT2D eigenvalue weighted by Crippen LogP contribution is 2.39. The van der Waals surface area contributed by atoms with Gasteiger partial charge in [0.1, 0.15) is 0 Å². The SMILES string of the molecule is Cc1ccc(N2CC(C(=O)N3CCN(c4ccc(-c5noc(C6CC6)n5)cc4)CC3)CC2=O)cc1C. The van der Waals surface area contributed by atoms with E-state index >= 15 is 0 Å². The van der Waals surface area contributed by atoms with E-state index < -0.39 is 0 Å². The quantitative estimate of drug-likeness (QED) is 0.545. The minimum atomic E-state index is -0.277. The Morgan fingerprint density at radius 1 is 0.944 bits per heavy atom. The molecule has 2 aromatic carbocycles. The number of aromatic nitrogens is 2. The average Bonchev–Trinajstić information content (AvgIpc) is 3.50. The van der Waals surface area contributed by atoms with Gasteiger partial charge in [-0.1, -0.05) is 11.2 Å². The van der Waals surface area contributed by atoms with Gasteiger partial charge in [0.05, 0.1) is 5.92 Å². The second-order valence-electron chi connectivity index (χ2n) is 10.3. The van der Waals surface area contributed by atoms with Crippen LogP contribution in [0.3, 0.4) is 0 Å². The van der Waals surface area contributed by atoms with Crippen molar-refractivity contribution in [3.8, 4) is 11.4 Å². The summed E-state index contributed by atoms with van der Waals surface area (Å²) in [5.41, 5.74) is 5.30. The Kier molecular flexibility index (Phi) is 5.74. The molecule has 6 rings (SSSR count). The monoisotopic (exact) mass is 485 g/mol. The van der Waals surface area contributed by atoms with Crippen molar-refractivity contribution in [1.29, 1.82) is 0 Å². The lowest BCUT2D eigenvalue weighted by Crippen LogP contribution is -2.50. The molecule has 1 aliphatic carbocycles. The van der Waals surface area contributed by atoms with E-state index in [1.807, 2.05) is 42.2 Å². The lowest BCUT2D eigenvalue weighted by Gasteiger charge is -2.37. The van der Waals surface area contributed by atoms with Gasteiger partial charge >= 0.3 is 0 Å². The summed E-state index contributed by atoms with van der Waals surface area (Å²) in [4.78, 5) is 36.5. The third-order valence-electron chi connectivity index (χ3n) is 7.73. The molecule has 1 atom stereocenters. The molecule has 186 valence electrons. The first-order valence-corrected chi connectivity index (χ1v) is 12.8. The van der Waals surface area contributed by atoms with Crippen LogP contribution >= 0.6 is 0 Å². The van der Waals surface area contributed by atoms with Crippen LogP contribution in [0.5, 0.6) is 0 Å². The first kappa shape index (κ1) is 22.8. The minimum absolute atomic E-state index is 0.0289. The van der Waals surface area contributed by atoms with Gasteiger partial charge in [-0.25, -0.2) is 0 Å². The van der Waals surface area contributed by atoms with Gasteiger partial charge in [-0.05, 0) is 74.2 Å². The molecule has 2 saturated heterocycles. The van der Waals surface area contributed by atoms with Crippen molar-refractivity contribution in [1.82, 2.24) is 15.0 Å². The molecule has 0 bridgehead atoms. The Balaban J connectivity index is 1.05. The number of carbonyl (C=O) groups excluding carboxylic acids is 2. The van der Waals surface area contributed by atoms with E-state index in [0.29, 0.717) is 31.4 Å². The highest BCUT2D eigenvalue weighted by molar-refractivity contribution is 6.00. The normalized spacial score (nSPS) is 20.3. The summed E-state index contributed by atoms with van der Waals surface area (Å²) in [6, 6.07) is 14.3. The van der Waals surface area contributed by atoms with Crippen molar-refractivity contribution in [2.45, 2.75) is 39.0 Å². The van der Waals surface area contributed by atoms with Crippen LogP contribution in [0.1, 0.15) is 42.2 Å². The third-order valence-corrected chi connectivity index (χ3v) is 7.73. The van der Waals surface area contributed by atoms with E-state index in [2.05, 4.69) is 34.1 Å². The predicted octanol–water partition coefficient (Wildman–Crippen LogP) is 3.93. The Hall–Kier alpha value is -3.68. The lowest BCUT2D eigenvalue weighted by atomic mass is 10.1. The van der Waals surface area contributed by atoms with Crippen molar-refractivity contribution in [3.63, 3.8) is 0 Å². The van der Waals surface area contributed by atoms with E-state index in [9.17, 15) is 9.59 Å². The summed E-state index contributed by atoms with van der Waals surface area (Å²) in [6.45, 7) is 7.41. The summed E-state index contributed by atoms with van der Waals surface area (Å²) < 4.78 is 5.38. The summed E-state index contributed by atoms with van der Waals surface area (Å²) in [7, 11) is 0. The fourth-order valence-electron chi connectivity index (χ4n) is 5.13. The number of rotatable bonds is 5. The van der Waals surface area contributed by atoms with Gasteiger partial charge < -0.3 is 19.2 Å². The van der Waals surface area contributed by atoms with E-state index in [1.54, 1.807) is 4.90 Å². The molecule has 3 heterocycles. The number of hydrogen-bond acceptors (Lipinski definition) is 6. The van der Waals surface area contributed by atoms with Crippen molar-refractivity contribution < 1.29 is 14.1 Å². The molecule has 1 saturated carbocycles. The van der Waals surface area contributed by atoms with Crippen LogP contribution in [-0.2, 0) is 9.59 Å². The molecule has 1 aromatic heterocycles. The maximum atomic E-state index is 13.2. The van der Waals surface area contributed by atoms with Gasteiger partial charge in [0.2, 0.25) is 23.5 Å². The van der Waals surface area contributed by atoms with Crippen LogP contribution in [0.15, 0.2) is 47.0 Å². The molecule has 36 heavy (non-hydrogen) atoms. The van der Waals surface area contributed by atoms with Gasteiger partial charge in [0.25, 0.3) is 0 Å². The van der Waals surface area contributed by atoms with Crippen LogP contribution in [0.25, 0.3) is 11.4 Å². The average molecular weight is 486 g/mol. The van der Waals surface area contributed by atoms with Crippen molar-refractivity contribution in [2.75, 3.05) is 42.5 Å². The number of carbonyl (C=O) groups is 2. The highest BCUT2D eigenvalue weighted by Gasteiger charge is 2.38. The summed E-state index contributed by atoms with van der Waals surface area (Å²) in [5.74, 6) is 1.67. The predicted molar refractivity (Wildman–Crippen MR) is 137 cm³/mol. The smallest absolute Gasteiger partial charge is 0.230 e. The molecule has 3 aromatic rings. The van der Waals surface area contributed by atoms with Gasteiger partial charge in [-0.3, -0.25) is 9.59 Å². The molecular weight excluding hydrogens is 454 g/mol. The molecule has 1 unspecified atom stereocenters. The summed E-state index contributed by atoms with van der Waals surface area (Å²) in [5, 5.41) is 4.12. The van der Waals surface area contributed by atoms with Gasteiger partial charge in [-0.2, -0.15) is 4.98 Å². The molecule has 2 amide bonds. The second-order valence-corrected chi connectivity index (χ2v) is 10.3. The van der Waals surface area contributed by atoms with E-state index in [0.717, 1.165) is 54.3 Å². The third kappa shape index (κ3) is 4.36. The highest BCUT2D eigenvalue weighted by atomic mass is 16.5. The number of benzene rings is 2. The summed E-state index contributed by atoms with van der Waals surface area (Å²) in [6.07, 6.45) is 2.56. The minimum Gasteiger partial charge on any atom is -0.368 e. The topological polar surface area (TPSA) is 82.8 Å². The maximum absolute atomic E-state index is 13.2. The first-order valence-electron chi connectivity index (χ1n) is 12.8. The number of aryl methyl sites for hydroxylation is 2. The Morgan fingerprint density at radius 3 is 2.36 bits per heavy atom. The van der Waals surface area contributed by atoms with Gasteiger partial charge in [0.15, 0.2) is 0 Å². The Labute approximate surface area is 210 Å². The largest absolute Gasteiger partial charge is 0.368 e. The van der Waals surface area contributed by atoms with E-state index in [1.165, 1.54) is 5.56 Å². The second kappa shape index (κ2) is 9.08. The van der Waals surface area contributed by atoms with Crippen LogP contribution in [0.2, 0.25) is 0 Å². The fraction of sp³-hybridized carbons (Fsp3) is 0.429. The molecule has 2 aliphatic heterocycles. The summed E-state index contributed by atoms with van der Waals surface area (Å²) >= 11 is 0. The molecule has 3 aliphatic rings. The molecule has 8 nitrogen and oxygen atoms in total. The molecule has 0 N–H and O–H groups in total. The standard InChI is InChI=1S/C28H31N5O3/c1-18-3-8-24(15-19(18)2)33-17-22(16-25(33)34)28(35)32-13-11-31(12-14-32)23-9-6-20(7-10-23)26-29-27(36-30-26)21-4-5-21/h3,6-10,15,21-22H,4-5,11-14,16-17H2,1-2H3. The van der Waals surface area contributed by atoms with Crippen molar-refractivity contribution in [2.24, 2.45) is 5.92 Å². The van der Waals surface area contributed by atoms with Crippen molar-refractivity contribution in [3.05, 3.63) is 59.5 Å². The zero-order valence-corrected chi connectivity index (χ0v) is 20.8. The molecule has 8 heteroatoms. The van der Waals surface area contributed by atoms with E-state index in [-0.39, 0.29) is 24.2 Å². The zero-order valence-electron chi connectivity index (χ0n) is 20.8. The number of nitrogens with zero attached hydrogens (tertiary/aromatic N) is 5. The molecular formula is C28H31N5O3. The maximum Gasteiger partial charge on any atom is 0.230 e. The van der Waals surface area contributed by atoms with Crippen LogP contribution in [-0.4, -0.2) is 59.6 Å². The number of piperazine rings is 1. The molecule has 0 radical (unpaired) electrons. The Morgan fingerprint density at radius 2 is 1.67 bits per heavy atom.